The second-order valence-corrected chi connectivity index (χ2v) is 8.63. The molecule has 4 rings (SSSR count). The molecule has 0 radical (unpaired) electrons. The van der Waals surface area contributed by atoms with Gasteiger partial charge >= 0.3 is 0 Å². The largest absolute Gasteiger partial charge is 0.352 e. The van der Waals surface area contributed by atoms with Gasteiger partial charge < -0.3 is 15.1 Å². The minimum atomic E-state index is -0.241. The molecule has 1 fully saturated rings. The molecule has 0 aliphatic carbocycles. The number of hydrogen-bond acceptors (Lipinski definition) is 5. The third kappa shape index (κ3) is 4.89. The summed E-state index contributed by atoms with van der Waals surface area (Å²) >= 11 is 0. The van der Waals surface area contributed by atoms with E-state index in [1.54, 1.807) is 17.0 Å². The molecule has 1 saturated heterocycles. The zero-order chi connectivity index (χ0) is 22.7. The number of fused-ring (bicyclic) bond motifs is 1. The Kier molecular flexibility index (Phi) is 6.67. The zero-order valence-electron chi connectivity index (χ0n) is 18.7. The van der Waals surface area contributed by atoms with E-state index in [4.69, 9.17) is 9.97 Å². The van der Waals surface area contributed by atoms with E-state index in [1.165, 1.54) is 13.0 Å². The fourth-order valence-electron chi connectivity index (χ4n) is 4.67. The Labute approximate surface area is 188 Å². The summed E-state index contributed by atoms with van der Waals surface area (Å²) in [6.07, 6.45) is 4.64. The van der Waals surface area contributed by atoms with Gasteiger partial charge in [0.15, 0.2) is 5.82 Å². The number of anilines is 1. The summed E-state index contributed by atoms with van der Waals surface area (Å²) in [5, 5.41) is 2.61. The molecular formula is C24H30FN5O2. The molecule has 0 unspecified atom stereocenters. The molecular weight excluding hydrogens is 409 g/mol. The highest BCUT2D eigenvalue weighted by molar-refractivity contribution is 5.84. The van der Waals surface area contributed by atoms with Crippen molar-refractivity contribution in [3.63, 3.8) is 0 Å². The Morgan fingerprint density at radius 1 is 1.19 bits per heavy atom. The van der Waals surface area contributed by atoms with Gasteiger partial charge in [0.1, 0.15) is 11.6 Å². The van der Waals surface area contributed by atoms with E-state index in [0.29, 0.717) is 18.9 Å². The van der Waals surface area contributed by atoms with Crippen LogP contribution < -0.4 is 10.2 Å². The van der Waals surface area contributed by atoms with Crippen molar-refractivity contribution in [2.45, 2.75) is 58.5 Å². The number of rotatable bonds is 5. The normalized spacial score (nSPS) is 18.3. The molecule has 1 aromatic carbocycles. The highest BCUT2D eigenvalue weighted by Crippen LogP contribution is 2.34. The third-order valence-corrected chi connectivity index (χ3v) is 6.24. The number of aryl methyl sites for hydroxylation is 1. The Morgan fingerprint density at radius 3 is 2.81 bits per heavy atom. The standard InChI is InChI=1S/C24H30FN5O2/c1-16-20-9-6-11-29(15-18-7-5-8-19(25)13-18)24(20)28-23(27-16)21-10-3-4-12-30(21)22(32)14-26-17(2)31/h5,7-8,13,21H,3-4,6,9-12,14-15H2,1-2H3,(H,26,31)/t21-/m0/s1. The summed E-state index contributed by atoms with van der Waals surface area (Å²) in [7, 11) is 0. The summed E-state index contributed by atoms with van der Waals surface area (Å²) in [6.45, 7) is 5.45. The van der Waals surface area contributed by atoms with Gasteiger partial charge in [-0.2, -0.15) is 0 Å². The van der Waals surface area contributed by atoms with Crippen molar-refractivity contribution >= 4 is 17.6 Å². The van der Waals surface area contributed by atoms with E-state index >= 15 is 0 Å². The van der Waals surface area contributed by atoms with Gasteiger partial charge in [-0.05, 0) is 56.7 Å². The van der Waals surface area contributed by atoms with Crippen molar-refractivity contribution in [3.05, 3.63) is 52.7 Å². The van der Waals surface area contributed by atoms with Crippen LogP contribution in [0.1, 0.15) is 61.3 Å². The first-order valence-corrected chi connectivity index (χ1v) is 11.3. The second-order valence-electron chi connectivity index (χ2n) is 8.63. The molecule has 1 N–H and O–H groups in total. The van der Waals surface area contributed by atoms with Crippen LogP contribution in [-0.4, -0.2) is 46.3 Å². The second kappa shape index (κ2) is 9.63. The van der Waals surface area contributed by atoms with Crippen LogP contribution in [0, 0.1) is 12.7 Å². The Hall–Kier alpha value is -3.03. The first-order valence-electron chi connectivity index (χ1n) is 11.3. The number of likely N-dealkylation sites (tertiary alicyclic amines) is 1. The van der Waals surface area contributed by atoms with Crippen molar-refractivity contribution in [2.24, 2.45) is 0 Å². The van der Waals surface area contributed by atoms with Crippen LogP contribution in [-0.2, 0) is 22.6 Å². The van der Waals surface area contributed by atoms with Gasteiger partial charge in [0.2, 0.25) is 11.8 Å². The van der Waals surface area contributed by atoms with Crippen LogP contribution in [0.5, 0.6) is 0 Å². The number of nitrogens with one attached hydrogen (secondary N) is 1. The first-order chi connectivity index (χ1) is 15.4. The molecule has 2 aliphatic rings. The van der Waals surface area contributed by atoms with Gasteiger partial charge in [0.05, 0.1) is 12.6 Å². The summed E-state index contributed by atoms with van der Waals surface area (Å²) in [4.78, 5) is 37.8. The molecule has 7 nitrogen and oxygen atoms in total. The molecule has 2 aromatic rings. The van der Waals surface area contributed by atoms with Crippen LogP contribution in [0.3, 0.4) is 0 Å². The molecule has 2 amide bonds. The quantitative estimate of drug-likeness (QED) is 0.775. The summed E-state index contributed by atoms with van der Waals surface area (Å²) < 4.78 is 13.7. The van der Waals surface area contributed by atoms with Gasteiger partial charge in [-0.1, -0.05) is 12.1 Å². The number of hydrogen-bond donors (Lipinski definition) is 1. The molecule has 170 valence electrons. The Balaban J connectivity index is 1.63. The van der Waals surface area contributed by atoms with Crippen molar-refractivity contribution in [3.8, 4) is 0 Å². The van der Waals surface area contributed by atoms with Crippen molar-refractivity contribution in [2.75, 3.05) is 24.5 Å². The van der Waals surface area contributed by atoms with Gasteiger partial charge in [-0.3, -0.25) is 9.59 Å². The van der Waals surface area contributed by atoms with Gasteiger partial charge in [-0.25, -0.2) is 14.4 Å². The average molecular weight is 440 g/mol. The molecule has 8 heteroatoms. The fourth-order valence-corrected chi connectivity index (χ4v) is 4.67. The van der Waals surface area contributed by atoms with E-state index in [-0.39, 0.29) is 30.2 Å². The first kappa shape index (κ1) is 22.2. The summed E-state index contributed by atoms with van der Waals surface area (Å²) in [6, 6.07) is 6.47. The topological polar surface area (TPSA) is 78.4 Å². The minimum Gasteiger partial charge on any atom is -0.352 e. The van der Waals surface area contributed by atoms with Crippen molar-refractivity contribution < 1.29 is 14.0 Å². The van der Waals surface area contributed by atoms with Gasteiger partial charge in [-0.15, -0.1) is 0 Å². The Bertz CT molecular complexity index is 1010. The van der Waals surface area contributed by atoms with Crippen LogP contribution >= 0.6 is 0 Å². The number of carbonyl (C=O) groups excluding carboxylic acids is 2. The smallest absolute Gasteiger partial charge is 0.242 e. The van der Waals surface area contributed by atoms with Gasteiger partial charge in [0.25, 0.3) is 0 Å². The molecule has 1 atom stereocenters. The predicted molar refractivity (Wildman–Crippen MR) is 120 cm³/mol. The lowest BCUT2D eigenvalue weighted by Crippen LogP contribution is -2.44. The van der Waals surface area contributed by atoms with E-state index in [9.17, 15) is 14.0 Å². The maximum Gasteiger partial charge on any atom is 0.242 e. The zero-order valence-corrected chi connectivity index (χ0v) is 18.7. The number of halogens is 1. The number of piperidine rings is 1. The number of benzene rings is 1. The van der Waals surface area contributed by atoms with Gasteiger partial charge in [0, 0.05) is 37.8 Å². The van der Waals surface area contributed by atoms with E-state index < -0.39 is 0 Å². The highest BCUT2D eigenvalue weighted by Gasteiger charge is 2.32. The third-order valence-electron chi connectivity index (χ3n) is 6.24. The lowest BCUT2D eigenvalue weighted by Gasteiger charge is -2.37. The van der Waals surface area contributed by atoms with Crippen LogP contribution in [0.25, 0.3) is 0 Å². The molecule has 3 heterocycles. The van der Waals surface area contributed by atoms with E-state index in [1.807, 2.05) is 13.0 Å². The lowest BCUT2D eigenvalue weighted by molar-refractivity contribution is -0.136. The fraction of sp³-hybridized carbons (Fsp3) is 0.500. The van der Waals surface area contributed by atoms with Crippen LogP contribution in [0.4, 0.5) is 10.2 Å². The SMILES string of the molecule is CC(=O)NCC(=O)N1CCCC[C@H]1c1nc(C)c2c(n1)N(Cc1cccc(F)c1)CCC2. The minimum absolute atomic E-state index is 0.0124. The predicted octanol–water partition coefficient (Wildman–Crippen LogP) is 3.07. The van der Waals surface area contributed by atoms with E-state index in [0.717, 1.165) is 61.3 Å². The number of carbonyl (C=O) groups is 2. The monoisotopic (exact) mass is 439 g/mol. The maximum atomic E-state index is 13.7. The number of nitrogens with zero attached hydrogens (tertiary/aromatic N) is 4. The Morgan fingerprint density at radius 2 is 2.03 bits per heavy atom. The molecule has 0 spiro atoms. The van der Waals surface area contributed by atoms with Crippen LogP contribution in [0.2, 0.25) is 0 Å². The molecule has 0 saturated carbocycles. The molecule has 32 heavy (non-hydrogen) atoms. The molecule has 2 aliphatic heterocycles. The number of amides is 2. The van der Waals surface area contributed by atoms with Crippen molar-refractivity contribution in [1.82, 2.24) is 20.2 Å². The summed E-state index contributed by atoms with van der Waals surface area (Å²) in [5.74, 6) is 0.974. The van der Waals surface area contributed by atoms with Crippen LogP contribution in [0.15, 0.2) is 24.3 Å². The van der Waals surface area contributed by atoms with Crippen molar-refractivity contribution in [1.29, 1.82) is 0 Å². The summed E-state index contributed by atoms with van der Waals surface area (Å²) in [5.41, 5.74) is 2.97. The molecule has 0 bridgehead atoms. The highest BCUT2D eigenvalue weighted by atomic mass is 19.1. The molecule has 1 aromatic heterocycles. The lowest BCUT2D eigenvalue weighted by atomic mass is 9.99. The van der Waals surface area contributed by atoms with E-state index in [2.05, 4.69) is 10.2 Å². The number of aromatic nitrogens is 2. The maximum absolute atomic E-state index is 13.7. The average Bonchev–Trinajstić information content (AvgIpc) is 2.78.